The van der Waals surface area contributed by atoms with Crippen molar-refractivity contribution in [3.05, 3.63) is 0 Å². The third-order valence-electron chi connectivity index (χ3n) is 1.99. The van der Waals surface area contributed by atoms with Crippen molar-refractivity contribution in [2.75, 3.05) is 0 Å². The second kappa shape index (κ2) is 6.90. The van der Waals surface area contributed by atoms with Gasteiger partial charge in [-0.05, 0) is 12.3 Å². The zero-order chi connectivity index (χ0) is 12.0. The topological polar surface area (TPSA) is 66.4 Å². The first kappa shape index (κ1) is 14.5. The second-order valence-electron chi connectivity index (χ2n) is 3.36. The van der Waals surface area contributed by atoms with E-state index >= 15 is 0 Å². The number of carbonyl (C=O) groups is 2. The molecule has 0 bridgehead atoms. The molecule has 0 aromatic carbocycles. The minimum absolute atomic E-state index is 0.188. The number of nitrogens with one attached hydrogen (secondary N) is 1. The van der Waals surface area contributed by atoms with Crippen molar-refractivity contribution in [3.8, 4) is 0 Å². The minimum Gasteiger partial charge on any atom is -0.480 e. The van der Waals surface area contributed by atoms with E-state index in [4.69, 9.17) is 28.3 Å². The van der Waals surface area contributed by atoms with Gasteiger partial charge < -0.3 is 10.4 Å². The fourth-order valence-corrected chi connectivity index (χ4v) is 1.20. The van der Waals surface area contributed by atoms with E-state index in [1.54, 1.807) is 13.8 Å². The summed E-state index contributed by atoms with van der Waals surface area (Å²) in [4.78, 5) is 21.2. The van der Waals surface area contributed by atoms with E-state index in [1.807, 2.05) is 0 Å². The molecule has 1 amide bonds. The van der Waals surface area contributed by atoms with Gasteiger partial charge in [0.25, 0.3) is 0 Å². The highest BCUT2D eigenvalue weighted by Gasteiger charge is 2.24. The van der Waals surface area contributed by atoms with Crippen LogP contribution in [0.3, 0.4) is 0 Å². The van der Waals surface area contributed by atoms with E-state index < -0.39 is 16.8 Å². The van der Waals surface area contributed by atoms with Crippen LogP contribution in [0.2, 0.25) is 0 Å². The van der Waals surface area contributed by atoms with Gasteiger partial charge in [-0.25, -0.2) is 4.79 Å². The number of hydrogen-bond donors (Lipinski definition) is 2. The standard InChI is InChI=1S/C9H15Cl2NO3/c1-3-7(13)12-6(9(14)15)4-5(2)8(10)11/h5-6,8H,3-4H2,1-2H3,(H,12,13)(H,14,15)/t5-,6-/m0/s1. The predicted octanol–water partition coefficient (Wildman–Crippen LogP) is 1.80. The molecule has 15 heavy (non-hydrogen) atoms. The van der Waals surface area contributed by atoms with Gasteiger partial charge in [0.2, 0.25) is 5.91 Å². The highest BCUT2D eigenvalue weighted by molar-refractivity contribution is 6.44. The van der Waals surface area contributed by atoms with Gasteiger partial charge in [0.1, 0.15) is 10.9 Å². The number of halogens is 2. The minimum atomic E-state index is -1.07. The van der Waals surface area contributed by atoms with Crippen LogP contribution in [0.25, 0.3) is 0 Å². The molecule has 0 fully saturated rings. The largest absolute Gasteiger partial charge is 0.480 e. The maximum atomic E-state index is 11.0. The molecule has 0 spiro atoms. The number of rotatable bonds is 6. The molecule has 0 aromatic rings. The van der Waals surface area contributed by atoms with E-state index in [1.165, 1.54) is 0 Å². The summed E-state index contributed by atoms with van der Waals surface area (Å²) in [7, 11) is 0. The number of alkyl halides is 2. The van der Waals surface area contributed by atoms with Gasteiger partial charge >= 0.3 is 5.97 Å². The van der Waals surface area contributed by atoms with Crippen LogP contribution in [0.15, 0.2) is 0 Å². The summed E-state index contributed by atoms with van der Waals surface area (Å²) in [6, 6.07) is -0.924. The van der Waals surface area contributed by atoms with Crippen LogP contribution in [-0.4, -0.2) is 27.9 Å². The molecule has 0 saturated heterocycles. The Hall–Kier alpha value is -0.480. The SMILES string of the molecule is CCC(=O)N[C@@H](C[C@H](C)C(Cl)Cl)C(=O)O. The van der Waals surface area contributed by atoms with E-state index in [2.05, 4.69) is 5.32 Å². The van der Waals surface area contributed by atoms with Crippen LogP contribution in [0, 0.1) is 5.92 Å². The fourth-order valence-electron chi connectivity index (χ4n) is 0.993. The summed E-state index contributed by atoms with van der Waals surface area (Å²) in [5, 5.41) is 11.2. The van der Waals surface area contributed by atoms with Gasteiger partial charge in [0, 0.05) is 6.42 Å². The molecule has 88 valence electrons. The summed E-state index contributed by atoms with van der Waals surface area (Å²) in [6.07, 6.45) is 0.474. The average Bonchev–Trinajstić information content (AvgIpc) is 2.15. The van der Waals surface area contributed by atoms with Gasteiger partial charge in [-0.1, -0.05) is 13.8 Å². The Morgan fingerprint density at radius 1 is 1.40 bits per heavy atom. The number of aliphatic carboxylic acids is 1. The van der Waals surface area contributed by atoms with Crippen LogP contribution in [0.4, 0.5) is 0 Å². The van der Waals surface area contributed by atoms with E-state index in [0.717, 1.165) is 0 Å². The molecule has 0 aliphatic carbocycles. The maximum absolute atomic E-state index is 11.0. The quantitative estimate of drug-likeness (QED) is 0.712. The van der Waals surface area contributed by atoms with Crippen LogP contribution in [0.1, 0.15) is 26.7 Å². The van der Waals surface area contributed by atoms with Crippen molar-refractivity contribution in [2.24, 2.45) is 5.92 Å². The van der Waals surface area contributed by atoms with E-state index in [-0.39, 0.29) is 24.7 Å². The van der Waals surface area contributed by atoms with Crippen molar-refractivity contribution in [2.45, 2.75) is 37.6 Å². The molecule has 0 aromatic heterocycles. The van der Waals surface area contributed by atoms with Gasteiger partial charge in [0.05, 0.1) is 0 Å². The van der Waals surface area contributed by atoms with E-state index in [0.29, 0.717) is 0 Å². The molecule has 6 heteroatoms. The Morgan fingerprint density at radius 2 is 1.93 bits per heavy atom. The Balaban J connectivity index is 4.28. The lowest BCUT2D eigenvalue weighted by atomic mass is 10.0. The van der Waals surface area contributed by atoms with Crippen LogP contribution < -0.4 is 5.32 Å². The van der Waals surface area contributed by atoms with Gasteiger partial charge in [-0.2, -0.15) is 0 Å². The Bertz CT molecular complexity index is 233. The summed E-state index contributed by atoms with van der Waals surface area (Å²) < 4.78 is 0. The molecule has 0 saturated carbocycles. The summed E-state index contributed by atoms with van der Waals surface area (Å²) in [5.74, 6) is -1.56. The summed E-state index contributed by atoms with van der Waals surface area (Å²) in [5.41, 5.74) is 0. The van der Waals surface area contributed by atoms with Crippen molar-refractivity contribution in [3.63, 3.8) is 0 Å². The molecule has 0 rings (SSSR count). The molecule has 0 heterocycles. The van der Waals surface area contributed by atoms with E-state index in [9.17, 15) is 9.59 Å². The van der Waals surface area contributed by atoms with Crippen molar-refractivity contribution in [1.29, 1.82) is 0 Å². The highest BCUT2D eigenvalue weighted by atomic mass is 35.5. The van der Waals surface area contributed by atoms with Gasteiger partial charge in [0.15, 0.2) is 0 Å². The van der Waals surface area contributed by atoms with Gasteiger partial charge in [-0.15, -0.1) is 23.2 Å². The number of carboxylic acids is 1. The van der Waals surface area contributed by atoms with Crippen LogP contribution in [-0.2, 0) is 9.59 Å². The highest BCUT2D eigenvalue weighted by Crippen LogP contribution is 2.19. The molecular weight excluding hydrogens is 241 g/mol. The predicted molar refractivity (Wildman–Crippen MR) is 59.1 cm³/mol. The molecule has 0 unspecified atom stereocenters. The average molecular weight is 256 g/mol. The lowest BCUT2D eigenvalue weighted by molar-refractivity contribution is -0.142. The molecule has 2 N–H and O–H groups in total. The second-order valence-corrected chi connectivity index (χ2v) is 4.52. The fraction of sp³-hybridized carbons (Fsp3) is 0.778. The number of carbonyl (C=O) groups excluding carboxylic acids is 1. The normalized spacial score (nSPS) is 14.7. The third kappa shape index (κ3) is 5.85. The smallest absolute Gasteiger partial charge is 0.326 e. The molecule has 4 nitrogen and oxygen atoms in total. The molecular formula is C9H15Cl2NO3. The lowest BCUT2D eigenvalue weighted by Gasteiger charge is -2.19. The third-order valence-corrected chi connectivity index (χ3v) is 2.85. The Labute approximate surface area is 98.9 Å². The number of carboxylic acid groups (broad SMARTS) is 1. The van der Waals surface area contributed by atoms with Crippen LogP contribution in [0.5, 0.6) is 0 Å². The molecule has 0 radical (unpaired) electrons. The monoisotopic (exact) mass is 255 g/mol. The lowest BCUT2D eigenvalue weighted by Crippen LogP contribution is -2.42. The first-order chi connectivity index (χ1) is 6.88. The van der Waals surface area contributed by atoms with Crippen LogP contribution >= 0.6 is 23.2 Å². The molecule has 0 aliphatic rings. The zero-order valence-corrected chi connectivity index (χ0v) is 10.2. The van der Waals surface area contributed by atoms with Gasteiger partial charge in [-0.3, -0.25) is 4.79 Å². The molecule has 0 aliphatic heterocycles. The zero-order valence-electron chi connectivity index (χ0n) is 8.67. The number of hydrogen-bond acceptors (Lipinski definition) is 2. The summed E-state index contributed by atoms with van der Waals surface area (Å²) in [6.45, 7) is 3.39. The Morgan fingerprint density at radius 3 is 2.27 bits per heavy atom. The Kier molecular flexibility index (Phi) is 6.68. The molecule has 2 atom stereocenters. The first-order valence-electron chi connectivity index (χ1n) is 4.68. The first-order valence-corrected chi connectivity index (χ1v) is 5.56. The van der Waals surface area contributed by atoms with Crippen molar-refractivity contribution < 1.29 is 14.7 Å². The van der Waals surface area contributed by atoms with Crippen molar-refractivity contribution in [1.82, 2.24) is 5.32 Å². The van der Waals surface area contributed by atoms with Crippen molar-refractivity contribution >= 4 is 35.1 Å². The maximum Gasteiger partial charge on any atom is 0.326 e. The number of amides is 1. The summed E-state index contributed by atoms with van der Waals surface area (Å²) >= 11 is 11.2.